The van der Waals surface area contributed by atoms with E-state index in [0.29, 0.717) is 0 Å². The molecule has 0 N–H and O–H groups in total. The third-order valence-electron chi connectivity index (χ3n) is 11.1. The van der Waals surface area contributed by atoms with E-state index in [9.17, 15) is 0 Å². The Bertz CT molecular complexity index is 3230. The molecule has 11 aromatic rings. The molecule has 9 aromatic carbocycles. The third kappa shape index (κ3) is 6.59. The number of benzene rings is 9. The number of nitrogens with zero attached hydrogens (tertiary/aromatic N) is 2. The lowest BCUT2D eigenvalue weighted by Gasteiger charge is -2.27. The van der Waals surface area contributed by atoms with E-state index >= 15 is 0 Å². The number of anilines is 3. The van der Waals surface area contributed by atoms with Crippen molar-refractivity contribution in [2.24, 2.45) is 0 Å². The van der Waals surface area contributed by atoms with E-state index in [1.165, 1.54) is 69.4 Å². The first kappa shape index (κ1) is 35.1. The fourth-order valence-electron chi connectivity index (χ4n) is 8.26. The van der Waals surface area contributed by atoms with Crippen LogP contribution in [-0.2, 0) is 0 Å². The van der Waals surface area contributed by atoms with Gasteiger partial charge in [0.15, 0.2) is 0 Å². The normalized spacial score (nSPS) is 11.4. The van der Waals surface area contributed by atoms with E-state index in [1.54, 1.807) is 11.3 Å². The van der Waals surface area contributed by atoms with Crippen LogP contribution in [-0.4, -0.2) is 4.98 Å². The van der Waals surface area contributed by atoms with Gasteiger partial charge < -0.3 is 4.90 Å². The van der Waals surface area contributed by atoms with Crippen molar-refractivity contribution < 1.29 is 0 Å². The summed E-state index contributed by atoms with van der Waals surface area (Å²) in [5.74, 6) is 0. The molecule has 0 radical (unpaired) electrons. The average Bonchev–Trinajstić information content (AvgIpc) is 3.90. The fourth-order valence-corrected chi connectivity index (χ4v) is 10.4. The molecule has 0 saturated carbocycles. The van der Waals surface area contributed by atoms with E-state index in [-0.39, 0.29) is 0 Å². The van der Waals surface area contributed by atoms with Crippen LogP contribution in [0.2, 0.25) is 0 Å². The van der Waals surface area contributed by atoms with Crippen molar-refractivity contribution in [2.45, 2.75) is 0 Å². The number of hydrogen-bond donors (Lipinski definition) is 0. The summed E-state index contributed by atoms with van der Waals surface area (Å²) in [5.41, 5.74) is 15.1. The zero-order valence-electron chi connectivity index (χ0n) is 32.0. The minimum absolute atomic E-state index is 1.06. The molecule has 0 aliphatic heterocycles. The summed E-state index contributed by atoms with van der Waals surface area (Å²) >= 11 is 3.61. The summed E-state index contributed by atoms with van der Waals surface area (Å²) in [6.07, 6.45) is 0. The molecule has 2 heterocycles. The quantitative estimate of drug-likeness (QED) is 0.152. The Kier molecular flexibility index (Phi) is 8.92. The van der Waals surface area contributed by atoms with Crippen molar-refractivity contribution >= 4 is 70.1 Å². The van der Waals surface area contributed by atoms with Crippen molar-refractivity contribution in [1.82, 2.24) is 4.98 Å². The molecule has 4 heteroatoms. The Morgan fingerprint density at radius 3 is 1.49 bits per heavy atom. The highest BCUT2D eigenvalue weighted by molar-refractivity contribution is 7.26. The van der Waals surface area contributed by atoms with Crippen molar-refractivity contribution in [3.63, 3.8) is 0 Å². The van der Waals surface area contributed by atoms with Crippen molar-refractivity contribution in [2.75, 3.05) is 4.90 Å². The first-order valence-corrected chi connectivity index (χ1v) is 21.5. The van der Waals surface area contributed by atoms with Crippen LogP contribution in [0.5, 0.6) is 0 Å². The molecule has 2 aromatic heterocycles. The van der Waals surface area contributed by atoms with Crippen molar-refractivity contribution in [3.05, 3.63) is 218 Å². The molecule has 2 nitrogen and oxygen atoms in total. The third-order valence-corrected chi connectivity index (χ3v) is 13.3. The fraction of sp³-hybridized carbons (Fsp3) is 0. The zero-order valence-corrected chi connectivity index (χ0v) is 33.6. The highest BCUT2D eigenvalue weighted by Crippen LogP contribution is 2.45. The largest absolute Gasteiger partial charge is 0.310 e. The Balaban J connectivity index is 1.03. The molecule has 0 atom stereocenters. The lowest BCUT2D eigenvalue weighted by molar-refractivity contribution is 1.28. The second-order valence-corrected chi connectivity index (χ2v) is 16.9. The van der Waals surface area contributed by atoms with Gasteiger partial charge in [-0.2, -0.15) is 0 Å². The molecule has 11 rings (SSSR count). The molecular weight excluding hydrogens is 753 g/mol. The van der Waals surface area contributed by atoms with Gasteiger partial charge in [-0.3, -0.25) is 0 Å². The summed E-state index contributed by atoms with van der Waals surface area (Å²) in [6.45, 7) is 0. The van der Waals surface area contributed by atoms with Gasteiger partial charge in [-0.05, 0) is 99.1 Å². The van der Waals surface area contributed by atoms with Gasteiger partial charge in [0.05, 0.1) is 10.2 Å². The van der Waals surface area contributed by atoms with Gasteiger partial charge in [-0.25, -0.2) is 4.98 Å². The lowest BCUT2D eigenvalue weighted by Crippen LogP contribution is -2.10. The van der Waals surface area contributed by atoms with E-state index in [4.69, 9.17) is 4.98 Å². The van der Waals surface area contributed by atoms with Gasteiger partial charge in [0.25, 0.3) is 0 Å². The number of fused-ring (bicyclic) bond motifs is 4. The molecule has 278 valence electrons. The van der Waals surface area contributed by atoms with Gasteiger partial charge in [-0.15, -0.1) is 22.7 Å². The SMILES string of the molecule is c1ccc(-c2ccc(N(c3ccc(-c4cccc5sc6cc7nc(-c8ccccc8)sc7cc6c45)cc3)c3ccc(-c4ccccc4)c(-c4ccccc4)c3)cc2)cc1. The Labute approximate surface area is 351 Å². The summed E-state index contributed by atoms with van der Waals surface area (Å²) in [6, 6.07) is 78.8. The highest BCUT2D eigenvalue weighted by atomic mass is 32.1. The van der Waals surface area contributed by atoms with Gasteiger partial charge >= 0.3 is 0 Å². The molecule has 0 amide bonds. The predicted octanol–water partition coefficient (Wildman–Crippen LogP) is 16.5. The smallest absolute Gasteiger partial charge is 0.124 e. The lowest BCUT2D eigenvalue weighted by atomic mass is 9.93. The van der Waals surface area contributed by atoms with E-state index < -0.39 is 0 Å². The highest BCUT2D eigenvalue weighted by Gasteiger charge is 2.19. The number of hydrogen-bond acceptors (Lipinski definition) is 4. The number of thiophene rings is 1. The van der Waals surface area contributed by atoms with Crippen LogP contribution in [0.15, 0.2) is 218 Å². The van der Waals surface area contributed by atoms with Crippen LogP contribution < -0.4 is 4.90 Å². The van der Waals surface area contributed by atoms with Gasteiger partial charge in [0.2, 0.25) is 0 Å². The van der Waals surface area contributed by atoms with Crippen LogP contribution >= 0.6 is 22.7 Å². The minimum atomic E-state index is 1.06. The summed E-state index contributed by atoms with van der Waals surface area (Å²) in [4.78, 5) is 7.42. The average molecular weight is 789 g/mol. The molecule has 0 aliphatic rings. The van der Waals surface area contributed by atoms with Crippen molar-refractivity contribution in [3.8, 4) is 55.1 Å². The number of thiazole rings is 1. The van der Waals surface area contributed by atoms with E-state index in [0.717, 1.165) is 33.1 Å². The molecule has 0 unspecified atom stereocenters. The summed E-state index contributed by atoms with van der Waals surface area (Å²) in [5, 5.41) is 3.64. The molecule has 59 heavy (non-hydrogen) atoms. The Morgan fingerprint density at radius 1 is 0.322 bits per heavy atom. The monoisotopic (exact) mass is 788 g/mol. The zero-order chi connectivity index (χ0) is 39.1. The van der Waals surface area contributed by atoms with E-state index in [1.807, 2.05) is 11.3 Å². The van der Waals surface area contributed by atoms with Crippen LogP contribution in [0, 0.1) is 0 Å². The van der Waals surface area contributed by atoms with Crippen LogP contribution in [0.3, 0.4) is 0 Å². The molecular formula is C55H36N2S2. The van der Waals surface area contributed by atoms with Crippen LogP contribution in [0.4, 0.5) is 17.1 Å². The van der Waals surface area contributed by atoms with Crippen LogP contribution in [0.25, 0.3) is 85.5 Å². The topological polar surface area (TPSA) is 16.1 Å². The molecule has 0 aliphatic carbocycles. The maximum atomic E-state index is 5.04. The number of rotatable bonds is 8. The molecule has 0 saturated heterocycles. The minimum Gasteiger partial charge on any atom is -0.310 e. The molecule has 0 fully saturated rings. The predicted molar refractivity (Wildman–Crippen MR) is 254 cm³/mol. The maximum Gasteiger partial charge on any atom is 0.124 e. The van der Waals surface area contributed by atoms with E-state index in [2.05, 4.69) is 223 Å². The first-order valence-electron chi connectivity index (χ1n) is 19.9. The van der Waals surface area contributed by atoms with Gasteiger partial charge in [-0.1, -0.05) is 164 Å². The van der Waals surface area contributed by atoms with Crippen LogP contribution in [0.1, 0.15) is 0 Å². The molecule has 0 spiro atoms. The Hall–Kier alpha value is -7.11. The maximum absolute atomic E-state index is 5.04. The summed E-state index contributed by atoms with van der Waals surface area (Å²) < 4.78 is 3.76. The second-order valence-electron chi connectivity index (χ2n) is 14.7. The second kappa shape index (κ2) is 15.0. The Morgan fingerprint density at radius 2 is 0.847 bits per heavy atom. The standard InChI is InChI=1S/C55H36N2S2/c1-5-14-37(15-6-1)38-24-28-43(29-25-38)57(45-32-33-46(39-16-7-2-8-17-39)48(34-45)40-18-9-3-10-19-40)44-30-26-41(27-31-44)47-22-13-23-51-54(47)49-35-53-50(36-52(49)58-51)56-55(59-53)42-20-11-4-12-21-42/h1-36H. The van der Waals surface area contributed by atoms with Gasteiger partial charge in [0, 0.05) is 42.8 Å². The first-order chi connectivity index (χ1) is 29.2. The van der Waals surface area contributed by atoms with Gasteiger partial charge in [0.1, 0.15) is 5.01 Å². The van der Waals surface area contributed by atoms with Crippen molar-refractivity contribution in [1.29, 1.82) is 0 Å². The number of aromatic nitrogens is 1. The molecule has 0 bridgehead atoms. The summed E-state index contributed by atoms with van der Waals surface area (Å²) in [7, 11) is 0.